The lowest BCUT2D eigenvalue weighted by atomic mass is 10.1. The van der Waals surface area contributed by atoms with Gasteiger partial charge in [-0.2, -0.15) is 10.4 Å². The van der Waals surface area contributed by atoms with E-state index in [9.17, 15) is 0 Å². The summed E-state index contributed by atoms with van der Waals surface area (Å²) in [5.41, 5.74) is 7.42. The molecule has 0 aromatic carbocycles. The maximum absolute atomic E-state index is 9.09. The van der Waals surface area contributed by atoms with Gasteiger partial charge in [0.05, 0.1) is 11.7 Å². The fourth-order valence-corrected chi connectivity index (χ4v) is 2.12. The van der Waals surface area contributed by atoms with Gasteiger partial charge in [0.2, 0.25) is 0 Å². The van der Waals surface area contributed by atoms with E-state index < -0.39 is 0 Å². The number of nitriles is 1. The van der Waals surface area contributed by atoms with Gasteiger partial charge in [0.25, 0.3) is 0 Å². The third-order valence-corrected chi connectivity index (χ3v) is 3.31. The Hall–Kier alpha value is -1.50. The Morgan fingerprint density at radius 3 is 2.81 bits per heavy atom. The maximum atomic E-state index is 9.09. The first-order valence-electron chi connectivity index (χ1n) is 5.96. The van der Waals surface area contributed by atoms with Crippen LogP contribution in [0.3, 0.4) is 0 Å². The van der Waals surface area contributed by atoms with Gasteiger partial charge in [0.15, 0.2) is 0 Å². The second-order valence-corrected chi connectivity index (χ2v) is 4.59. The molecule has 0 saturated heterocycles. The van der Waals surface area contributed by atoms with E-state index in [1.54, 1.807) is 0 Å². The number of nitrogens with zero attached hydrogens (tertiary/aromatic N) is 3. The zero-order chi connectivity index (χ0) is 11.7. The van der Waals surface area contributed by atoms with Crippen molar-refractivity contribution in [3.63, 3.8) is 0 Å². The first kappa shape index (κ1) is 11.0. The quantitative estimate of drug-likeness (QED) is 0.842. The molecule has 1 fully saturated rings. The molecule has 2 rings (SSSR count). The van der Waals surface area contributed by atoms with Gasteiger partial charge in [-0.05, 0) is 32.1 Å². The number of hydrogen-bond acceptors (Lipinski definition) is 3. The minimum Gasteiger partial charge on any atom is -0.383 e. The smallest absolute Gasteiger partial charge is 0.140 e. The lowest BCUT2D eigenvalue weighted by Gasteiger charge is -2.12. The van der Waals surface area contributed by atoms with Gasteiger partial charge in [-0.15, -0.1) is 0 Å². The van der Waals surface area contributed by atoms with E-state index >= 15 is 0 Å². The summed E-state index contributed by atoms with van der Waals surface area (Å²) in [5, 5.41) is 13.6. The molecule has 1 heterocycles. The van der Waals surface area contributed by atoms with Crippen molar-refractivity contribution in [2.75, 3.05) is 5.73 Å². The minimum absolute atomic E-state index is 0.331. The van der Waals surface area contributed by atoms with Crippen molar-refractivity contribution in [2.24, 2.45) is 5.92 Å². The zero-order valence-corrected chi connectivity index (χ0v) is 9.90. The lowest BCUT2D eigenvalue weighted by Crippen LogP contribution is -2.12. The summed E-state index contributed by atoms with van der Waals surface area (Å²) in [7, 11) is 0. The molecule has 1 aromatic heterocycles. The molecule has 4 heteroatoms. The molecule has 1 aliphatic carbocycles. The van der Waals surface area contributed by atoms with Gasteiger partial charge in [0, 0.05) is 0 Å². The Kier molecular flexibility index (Phi) is 2.86. The summed E-state index contributed by atoms with van der Waals surface area (Å²) in [5.74, 6) is 1.24. The molecule has 1 unspecified atom stereocenters. The Bertz CT molecular complexity index is 423. The van der Waals surface area contributed by atoms with Crippen LogP contribution in [-0.2, 0) is 6.42 Å². The third kappa shape index (κ3) is 1.78. The van der Waals surface area contributed by atoms with Gasteiger partial charge in [-0.25, -0.2) is 4.68 Å². The topological polar surface area (TPSA) is 67.6 Å². The molecule has 1 aromatic rings. The number of nitrogens with two attached hydrogens (primary N) is 1. The van der Waals surface area contributed by atoms with Crippen molar-refractivity contribution in [2.45, 2.75) is 45.6 Å². The molecule has 0 amide bonds. The standard InChI is InChI=1S/C12H18N4/c1-3-4-11-10(7-13)12(14)16(15-11)8(2)9-5-6-9/h8-9H,3-6,14H2,1-2H3. The van der Waals surface area contributed by atoms with E-state index in [1.165, 1.54) is 12.8 Å². The SMILES string of the molecule is CCCc1nn(C(C)C2CC2)c(N)c1C#N. The van der Waals surface area contributed by atoms with Crippen LogP contribution in [-0.4, -0.2) is 9.78 Å². The number of anilines is 1. The summed E-state index contributed by atoms with van der Waals surface area (Å²) >= 11 is 0. The molecule has 0 bridgehead atoms. The molecule has 16 heavy (non-hydrogen) atoms. The number of aryl methyl sites for hydroxylation is 1. The highest BCUT2D eigenvalue weighted by Crippen LogP contribution is 2.40. The van der Waals surface area contributed by atoms with Crippen molar-refractivity contribution in [1.82, 2.24) is 9.78 Å². The van der Waals surface area contributed by atoms with Crippen LogP contribution in [0.25, 0.3) is 0 Å². The zero-order valence-electron chi connectivity index (χ0n) is 9.90. The Morgan fingerprint density at radius 2 is 2.31 bits per heavy atom. The first-order chi connectivity index (χ1) is 7.69. The van der Waals surface area contributed by atoms with Gasteiger partial charge in [0.1, 0.15) is 17.5 Å². The Labute approximate surface area is 96.0 Å². The maximum Gasteiger partial charge on any atom is 0.140 e. The molecule has 0 aliphatic heterocycles. The van der Waals surface area contributed by atoms with Crippen LogP contribution in [0.15, 0.2) is 0 Å². The lowest BCUT2D eigenvalue weighted by molar-refractivity contribution is 0.442. The highest BCUT2D eigenvalue weighted by Gasteiger charge is 2.31. The van der Waals surface area contributed by atoms with Crippen molar-refractivity contribution >= 4 is 5.82 Å². The van der Waals surface area contributed by atoms with E-state index in [0.717, 1.165) is 18.5 Å². The van der Waals surface area contributed by atoms with Crippen LogP contribution < -0.4 is 5.73 Å². The van der Waals surface area contributed by atoms with Crippen molar-refractivity contribution in [3.8, 4) is 6.07 Å². The minimum atomic E-state index is 0.331. The van der Waals surface area contributed by atoms with E-state index in [4.69, 9.17) is 11.0 Å². The van der Waals surface area contributed by atoms with Gasteiger partial charge < -0.3 is 5.73 Å². The monoisotopic (exact) mass is 218 g/mol. The average molecular weight is 218 g/mol. The highest BCUT2D eigenvalue weighted by molar-refractivity contribution is 5.52. The summed E-state index contributed by atoms with van der Waals surface area (Å²) < 4.78 is 1.85. The number of nitrogen functional groups attached to an aromatic ring is 1. The fraction of sp³-hybridized carbons (Fsp3) is 0.667. The van der Waals surface area contributed by atoms with Crippen LogP contribution in [0, 0.1) is 17.2 Å². The highest BCUT2D eigenvalue weighted by atomic mass is 15.3. The second kappa shape index (κ2) is 4.17. The first-order valence-corrected chi connectivity index (χ1v) is 5.96. The molecule has 2 N–H and O–H groups in total. The number of hydrogen-bond donors (Lipinski definition) is 1. The van der Waals surface area contributed by atoms with E-state index in [2.05, 4.69) is 25.0 Å². The van der Waals surface area contributed by atoms with Crippen LogP contribution in [0.2, 0.25) is 0 Å². The molecule has 1 saturated carbocycles. The predicted octanol–water partition coefficient (Wildman–Crippen LogP) is 2.26. The largest absolute Gasteiger partial charge is 0.383 e. The van der Waals surface area contributed by atoms with E-state index in [-0.39, 0.29) is 0 Å². The summed E-state index contributed by atoms with van der Waals surface area (Å²) in [4.78, 5) is 0. The predicted molar refractivity (Wildman–Crippen MR) is 62.8 cm³/mol. The molecule has 1 atom stereocenters. The molecular weight excluding hydrogens is 200 g/mol. The summed E-state index contributed by atoms with van der Waals surface area (Å²) in [6.45, 7) is 4.22. The molecule has 1 aliphatic rings. The van der Waals surface area contributed by atoms with Crippen LogP contribution in [0.4, 0.5) is 5.82 Å². The van der Waals surface area contributed by atoms with Crippen molar-refractivity contribution < 1.29 is 0 Å². The normalized spacial score (nSPS) is 17.1. The third-order valence-electron chi connectivity index (χ3n) is 3.31. The molecule has 4 nitrogen and oxygen atoms in total. The number of aromatic nitrogens is 2. The van der Waals surface area contributed by atoms with Gasteiger partial charge in [-0.3, -0.25) is 0 Å². The van der Waals surface area contributed by atoms with Crippen LogP contribution in [0.1, 0.15) is 50.4 Å². The van der Waals surface area contributed by atoms with Crippen molar-refractivity contribution in [1.29, 1.82) is 5.26 Å². The van der Waals surface area contributed by atoms with Crippen molar-refractivity contribution in [3.05, 3.63) is 11.3 Å². The van der Waals surface area contributed by atoms with E-state index in [1.807, 2.05) is 4.68 Å². The number of rotatable bonds is 4. The van der Waals surface area contributed by atoms with E-state index in [0.29, 0.717) is 23.3 Å². The summed E-state index contributed by atoms with van der Waals surface area (Å²) in [6, 6.07) is 2.51. The second-order valence-electron chi connectivity index (χ2n) is 4.59. The van der Waals surface area contributed by atoms with Crippen LogP contribution >= 0.6 is 0 Å². The van der Waals surface area contributed by atoms with Crippen LogP contribution in [0.5, 0.6) is 0 Å². The van der Waals surface area contributed by atoms with Gasteiger partial charge >= 0.3 is 0 Å². The Morgan fingerprint density at radius 1 is 1.62 bits per heavy atom. The molecule has 0 spiro atoms. The van der Waals surface area contributed by atoms with Gasteiger partial charge in [-0.1, -0.05) is 13.3 Å². The average Bonchev–Trinajstić information content (AvgIpc) is 3.05. The molecule has 86 valence electrons. The Balaban J connectivity index is 2.35. The summed E-state index contributed by atoms with van der Waals surface area (Å²) in [6.07, 6.45) is 4.33. The fourth-order valence-electron chi connectivity index (χ4n) is 2.12. The molecular formula is C12H18N4. The molecule has 0 radical (unpaired) electrons.